The molecule has 1 atom stereocenters. The molecular weight excluding hydrogens is 342 g/mol. The molecular formula is C13H16BrN3O4. The molecule has 1 heterocycles. The van der Waals surface area contributed by atoms with E-state index in [1.807, 2.05) is 0 Å². The van der Waals surface area contributed by atoms with Crippen LogP contribution in [0.25, 0.3) is 0 Å². The summed E-state index contributed by atoms with van der Waals surface area (Å²) < 4.78 is 0. The van der Waals surface area contributed by atoms with Gasteiger partial charge in [0.25, 0.3) is 5.69 Å². The van der Waals surface area contributed by atoms with Crippen molar-refractivity contribution in [2.45, 2.75) is 6.42 Å². The number of aliphatic hydroxyl groups excluding tert-OH is 1. The fourth-order valence-electron chi connectivity index (χ4n) is 2.31. The van der Waals surface area contributed by atoms with Crippen molar-refractivity contribution < 1.29 is 14.8 Å². The monoisotopic (exact) mass is 357 g/mol. The lowest BCUT2D eigenvalue weighted by atomic mass is 10.1. The Labute approximate surface area is 130 Å². The van der Waals surface area contributed by atoms with Crippen LogP contribution in [-0.2, 0) is 4.79 Å². The van der Waals surface area contributed by atoms with Crippen molar-refractivity contribution in [2.24, 2.45) is 5.92 Å². The highest BCUT2D eigenvalue weighted by Crippen LogP contribution is 2.34. The Morgan fingerprint density at radius 2 is 2.29 bits per heavy atom. The topological polar surface area (TPSA) is 95.7 Å². The first-order chi connectivity index (χ1) is 10.1. The van der Waals surface area contributed by atoms with E-state index in [1.54, 1.807) is 11.0 Å². The number of hydrogen-bond donors (Lipinski definition) is 2. The number of rotatable bonds is 6. The van der Waals surface area contributed by atoms with Gasteiger partial charge in [-0.05, 0) is 12.0 Å². The van der Waals surface area contributed by atoms with Crippen molar-refractivity contribution in [3.63, 3.8) is 0 Å². The molecule has 1 amide bonds. The molecule has 0 saturated carbocycles. The summed E-state index contributed by atoms with van der Waals surface area (Å²) in [7, 11) is 0. The lowest BCUT2D eigenvalue weighted by Gasteiger charge is -2.20. The highest BCUT2D eigenvalue weighted by Gasteiger charge is 2.32. The average Bonchev–Trinajstić information content (AvgIpc) is 2.85. The molecule has 0 spiro atoms. The van der Waals surface area contributed by atoms with Crippen LogP contribution in [-0.4, -0.2) is 41.0 Å². The standard InChI is InChI=1S/C13H16BrN3O4/c14-7-9-5-13(19)16(8-9)12-6-10(17(20)21)1-2-11(12)15-3-4-18/h1-2,6,9,15,18H,3-5,7-8H2. The Balaban J connectivity index is 2.36. The second-order valence-electron chi connectivity index (χ2n) is 4.84. The molecule has 1 saturated heterocycles. The number of aliphatic hydroxyl groups is 1. The van der Waals surface area contributed by atoms with Gasteiger partial charge in [0.15, 0.2) is 0 Å². The summed E-state index contributed by atoms with van der Waals surface area (Å²) >= 11 is 3.37. The maximum atomic E-state index is 12.1. The number of nitro benzene ring substituents is 1. The van der Waals surface area contributed by atoms with E-state index in [0.29, 0.717) is 36.2 Å². The molecule has 8 heteroatoms. The summed E-state index contributed by atoms with van der Waals surface area (Å²) in [4.78, 5) is 24.1. The molecule has 1 fully saturated rings. The van der Waals surface area contributed by atoms with Crippen LogP contribution in [0, 0.1) is 16.0 Å². The number of nitrogens with one attached hydrogen (secondary N) is 1. The fourth-order valence-corrected chi connectivity index (χ4v) is 2.75. The lowest BCUT2D eigenvalue weighted by Crippen LogP contribution is -2.26. The van der Waals surface area contributed by atoms with Gasteiger partial charge in [-0.1, -0.05) is 15.9 Å². The molecule has 0 aliphatic carbocycles. The third-order valence-electron chi connectivity index (χ3n) is 3.33. The first kappa shape index (κ1) is 15.7. The average molecular weight is 358 g/mol. The Hall–Kier alpha value is -1.67. The molecule has 7 nitrogen and oxygen atoms in total. The molecule has 2 rings (SSSR count). The minimum atomic E-state index is -0.484. The van der Waals surface area contributed by atoms with Gasteiger partial charge in [0.2, 0.25) is 5.91 Å². The number of nitro groups is 1. The van der Waals surface area contributed by atoms with E-state index in [1.165, 1.54) is 12.1 Å². The number of halogens is 1. The van der Waals surface area contributed by atoms with E-state index in [2.05, 4.69) is 21.2 Å². The van der Waals surface area contributed by atoms with Crippen LogP contribution in [0.1, 0.15) is 6.42 Å². The van der Waals surface area contributed by atoms with Crippen LogP contribution in [0.15, 0.2) is 18.2 Å². The van der Waals surface area contributed by atoms with E-state index < -0.39 is 4.92 Å². The van der Waals surface area contributed by atoms with Gasteiger partial charge in [0, 0.05) is 37.0 Å². The number of carbonyl (C=O) groups is 1. The van der Waals surface area contributed by atoms with E-state index in [0.717, 1.165) is 0 Å². The van der Waals surface area contributed by atoms with Crippen molar-refractivity contribution in [1.82, 2.24) is 0 Å². The summed E-state index contributed by atoms with van der Waals surface area (Å²) in [6, 6.07) is 4.35. The molecule has 1 aliphatic heterocycles. The Kier molecular flexibility index (Phi) is 5.13. The third kappa shape index (κ3) is 3.51. The first-order valence-corrected chi connectivity index (χ1v) is 7.68. The van der Waals surface area contributed by atoms with Crippen molar-refractivity contribution >= 4 is 38.9 Å². The van der Waals surface area contributed by atoms with E-state index in [9.17, 15) is 14.9 Å². The van der Waals surface area contributed by atoms with Gasteiger partial charge in [0.05, 0.1) is 22.9 Å². The minimum Gasteiger partial charge on any atom is -0.395 e. The highest BCUT2D eigenvalue weighted by atomic mass is 79.9. The lowest BCUT2D eigenvalue weighted by molar-refractivity contribution is -0.384. The molecule has 0 bridgehead atoms. The number of carbonyl (C=O) groups excluding carboxylic acids is 1. The minimum absolute atomic E-state index is 0.0491. The molecule has 1 unspecified atom stereocenters. The third-order valence-corrected chi connectivity index (χ3v) is 4.25. The summed E-state index contributed by atoms with van der Waals surface area (Å²) in [6.07, 6.45) is 0.424. The molecule has 1 aromatic carbocycles. The quantitative estimate of drug-likeness (QED) is 0.459. The second kappa shape index (κ2) is 6.86. The smallest absolute Gasteiger partial charge is 0.271 e. The summed E-state index contributed by atoms with van der Waals surface area (Å²) in [5.74, 6) is 0.148. The maximum Gasteiger partial charge on any atom is 0.271 e. The predicted molar refractivity (Wildman–Crippen MR) is 82.9 cm³/mol. The van der Waals surface area contributed by atoms with Gasteiger partial charge < -0.3 is 15.3 Å². The molecule has 1 aliphatic rings. The molecule has 2 N–H and O–H groups in total. The Bertz CT molecular complexity index is 552. The van der Waals surface area contributed by atoms with Gasteiger partial charge in [-0.25, -0.2) is 0 Å². The van der Waals surface area contributed by atoms with Crippen LogP contribution >= 0.6 is 15.9 Å². The van der Waals surface area contributed by atoms with Gasteiger partial charge in [-0.2, -0.15) is 0 Å². The number of hydrogen-bond acceptors (Lipinski definition) is 5. The van der Waals surface area contributed by atoms with Crippen LogP contribution in [0.4, 0.5) is 17.1 Å². The zero-order chi connectivity index (χ0) is 15.4. The normalized spacial score (nSPS) is 18.1. The second-order valence-corrected chi connectivity index (χ2v) is 5.49. The Morgan fingerprint density at radius 3 is 2.86 bits per heavy atom. The van der Waals surface area contributed by atoms with E-state index in [-0.39, 0.29) is 24.1 Å². The number of amides is 1. The fraction of sp³-hybridized carbons (Fsp3) is 0.462. The van der Waals surface area contributed by atoms with Gasteiger partial charge in [-0.3, -0.25) is 14.9 Å². The SMILES string of the molecule is O=C1CC(CBr)CN1c1cc([N+](=O)[O-])ccc1NCCO. The van der Waals surface area contributed by atoms with Crippen molar-refractivity contribution in [3.05, 3.63) is 28.3 Å². The summed E-state index contributed by atoms with van der Waals surface area (Å²) in [6.45, 7) is 0.780. The van der Waals surface area contributed by atoms with Crippen molar-refractivity contribution in [3.8, 4) is 0 Å². The molecule has 0 aromatic heterocycles. The molecule has 0 radical (unpaired) electrons. The predicted octanol–water partition coefficient (Wildman–Crippen LogP) is 1.75. The van der Waals surface area contributed by atoms with Gasteiger partial charge in [0.1, 0.15) is 0 Å². The van der Waals surface area contributed by atoms with Gasteiger partial charge in [-0.15, -0.1) is 0 Å². The molecule has 114 valence electrons. The molecule has 1 aromatic rings. The van der Waals surface area contributed by atoms with Crippen LogP contribution < -0.4 is 10.2 Å². The number of benzene rings is 1. The highest BCUT2D eigenvalue weighted by molar-refractivity contribution is 9.09. The zero-order valence-electron chi connectivity index (χ0n) is 11.3. The number of non-ortho nitro benzene ring substituents is 1. The largest absolute Gasteiger partial charge is 0.395 e. The maximum absolute atomic E-state index is 12.1. The van der Waals surface area contributed by atoms with Crippen LogP contribution in [0.3, 0.4) is 0 Å². The van der Waals surface area contributed by atoms with Crippen LogP contribution in [0.2, 0.25) is 0 Å². The molecule has 21 heavy (non-hydrogen) atoms. The first-order valence-electron chi connectivity index (χ1n) is 6.56. The summed E-state index contributed by atoms with van der Waals surface area (Å²) in [5.41, 5.74) is 1.04. The van der Waals surface area contributed by atoms with Crippen LogP contribution in [0.5, 0.6) is 0 Å². The number of alkyl halides is 1. The zero-order valence-corrected chi connectivity index (χ0v) is 12.9. The number of anilines is 2. The number of nitrogens with zero attached hydrogens (tertiary/aromatic N) is 2. The van der Waals surface area contributed by atoms with E-state index >= 15 is 0 Å². The van der Waals surface area contributed by atoms with Gasteiger partial charge >= 0.3 is 0 Å². The van der Waals surface area contributed by atoms with E-state index in [4.69, 9.17) is 5.11 Å². The van der Waals surface area contributed by atoms with Crippen molar-refractivity contribution in [2.75, 3.05) is 35.2 Å². The summed E-state index contributed by atoms with van der Waals surface area (Å²) in [5, 5.41) is 23.5. The Morgan fingerprint density at radius 1 is 1.52 bits per heavy atom. The van der Waals surface area contributed by atoms with Crippen molar-refractivity contribution in [1.29, 1.82) is 0 Å².